The Morgan fingerprint density at radius 2 is 1.59 bits per heavy atom. The summed E-state index contributed by atoms with van der Waals surface area (Å²) in [5.41, 5.74) is 2.41. The lowest BCUT2D eigenvalue weighted by molar-refractivity contribution is 0.0923. The number of hydrogen-bond acceptors (Lipinski definition) is 3. The molecule has 136 valence electrons. The highest BCUT2D eigenvalue weighted by Gasteiger charge is 2.31. The molecule has 4 nitrogen and oxygen atoms in total. The Hall–Kier alpha value is -2.92. The van der Waals surface area contributed by atoms with Crippen molar-refractivity contribution in [3.63, 3.8) is 0 Å². The summed E-state index contributed by atoms with van der Waals surface area (Å²) >= 11 is 1.47. The molecule has 0 aliphatic heterocycles. The molecular weight excluding hydrogens is 354 g/mol. The molecule has 4 aromatic rings. The number of thiophene rings is 1. The van der Waals surface area contributed by atoms with E-state index >= 15 is 0 Å². The van der Waals surface area contributed by atoms with E-state index in [0.29, 0.717) is 4.88 Å². The van der Waals surface area contributed by atoms with Crippen LogP contribution in [0.5, 0.6) is 0 Å². The van der Waals surface area contributed by atoms with Crippen LogP contribution in [-0.4, -0.2) is 15.7 Å². The molecule has 0 unspecified atom stereocenters. The van der Waals surface area contributed by atoms with E-state index in [9.17, 15) is 4.79 Å². The third-order valence-electron chi connectivity index (χ3n) is 4.99. The van der Waals surface area contributed by atoms with Crippen LogP contribution in [0.1, 0.15) is 33.4 Å². The minimum Gasteiger partial charge on any atom is -0.338 e. The SMILES string of the molecule is Cc1nn(C)c2sc(C(=O)NC(C)(c3ccccc3)c3ccccc3)cc12. The first-order chi connectivity index (χ1) is 13.0. The van der Waals surface area contributed by atoms with Crippen molar-refractivity contribution in [3.05, 3.63) is 88.4 Å². The summed E-state index contributed by atoms with van der Waals surface area (Å²) in [5, 5.41) is 8.73. The van der Waals surface area contributed by atoms with E-state index in [0.717, 1.165) is 27.0 Å². The van der Waals surface area contributed by atoms with Crippen molar-refractivity contribution in [2.24, 2.45) is 7.05 Å². The van der Waals surface area contributed by atoms with E-state index in [1.165, 1.54) is 11.3 Å². The molecule has 0 spiro atoms. The minimum absolute atomic E-state index is 0.0780. The highest BCUT2D eigenvalue weighted by atomic mass is 32.1. The number of fused-ring (bicyclic) bond motifs is 1. The number of aryl methyl sites for hydroxylation is 2. The van der Waals surface area contributed by atoms with Gasteiger partial charge in [-0.05, 0) is 31.0 Å². The van der Waals surface area contributed by atoms with Crippen molar-refractivity contribution in [1.29, 1.82) is 0 Å². The summed E-state index contributed by atoms with van der Waals surface area (Å²) in [5.74, 6) is -0.0780. The molecule has 0 saturated carbocycles. The largest absolute Gasteiger partial charge is 0.338 e. The number of benzene rings is 2. The second-order valence-corrected chi connectivity index (χ2v) is 7.88. The molecule has 4 rings (SSSR count). The van der Waals surface area contributed by atoms with E-state index in [1.54, 1.807) is 0 Å². The normalized spacial score (nSPS) is 11.7. The molecule has 0 atom stereocenters. The second kappa shape index (κ2) is 6.67. The molecule has 0 saturated heterocycles. The fraction of sp³-hybridized carbons (Fsp3) is 0.182. The molecule has 2 aromatic carbocycles. The van der Waals surface area contributed by atoms with Crippen LogP contribution in [0, 0.1) is 6.92 Å². The smallest absolute Gasteiger partial charge is 0.262 e. The van der Waals surface area contributed by atoms with Crippen LogP contribution >= 0.6 is 11.3 Å². The molecule has 2 heterocycles. The number of nitrogens with one attached hydrogen (secondary N) is 1. The van der Waals surface area contributed by atoms with E-state index in [-0.39, 0.29) is 5.91 Å². The van der Waals surface area contributed by atoms with Crippen LogP contribution in [0.3, 0.4) is 0 Å². The van der Waals surface area contributed by atoms with Crippen molar-refractivity contribution in [2.45, 2.75) is 19.4 Å². The number of nitrogens with zero attached hydrogens (tertiary/aromatic N) is 2. The van der Waals surface area contributed by atoms with Crippen molar-refractivity contribution in [1.82, 2.24) is 15.1 Å². The Balaban J connectivity index is 1.75. The van der Waals surface area contributed by atoms with Crippen molar-refractivity contribution >= 4 is 27.5 Å². The zero-order valence-corrected chi connectivity index (χ0v) is 16.4. The van der Waals surface area contributed by atoms with Gasteiger partial charge in [-0.25, -0.2) is 0 Å². The van der Waals surface area contributed by atoms with Crippen LogP contribution < -0.4 is 5.32 Å². The number of amides is 1. The van der Waals surface area contributed by atoms with E-state index in [4.69, 9.17) is 0 Å². The molecule has 0 radical (unpaired) electrons. The van der Waals surface area contributed by atoms with Crippen LogP contribution in [0.15, 0.2) is 66.7 Å². The summed E-state index contributed by atoms with van der Waals surface area (Å²) in [6, 6.07) is 22.1. The monoisotopic (exact) mass is 375 g/mol. The Labute approximate surface area is 162 Å². The van der Waals surface area contributed by atoms with E-state index < -0.39 is 5.54 Å². The lowest BCUT2D eigenvalue weighted by atomic mass is 9.84. The molecule has 0 aliphatic carbocycles. The van der Waals surface area contributed by atoms with Gasteiger partial charge in [0.2, 0.25) is 0 Å². The van der Waals surface area contributed by atoms with Crippen molar-refractivity contribution < 1.29 is 4.79 Å². The Morgan fingerprint density at radius 3 is 2.11 bits per heavy atom. The van der Waals surface area contributed by atoms with Crippen LogP contribution in [-0.2, 0) is 12.6 Å². The molecule has 0 fully saturated rings. The van der Waals surface area contributed by atoms with Gasteiger partial charge < -0.3 is 5.32 Å². The van der Waals surface area contributed by atoms with Gasteiger partial charge in [0.25, 0.3) is 5.91 Å². The molecule has 0 bridgehead atoms. The standard InChI is InChI=1S/C22H21N3OS/c1-15-18-14-19(27-21(18)25(3)24-15)20(26)23-22(2,16-10-6-4-7-11-16)17-12-8-5-9-13-17/h4-14H,1-3H3,(H,23,26). The second-order valence-electron chi connectivity index (χ2n) is 6.85. The maximum atomic E-state index is 13.2. The third-order valence-corrected chi connectivity index (χ3v) is 6.19. The van der Waals surface area contributed by atoms with Crippen molar-refractivity contribution in [3.8, 4) is 0 Å². The van der Waals surface area contributed by atoms with Crippen molar-refractivity contribution in [2.75, 3.05) is 0 Å². The summed E-state index contributed by atoms with van der Waals surface area (Å²) in [4.78, 5) is 14.9. The fourth-order valence-corrected chi connectivity index (χ4v) is 4.48. The number of carbonyl (C=O) groups excluding carboxylic acids is 1. The maximum absolute atomic E-state index is 13.2. The lowest BCUT2D eigenvalue weighted by Crippen LogP contribution is -2.44. The Bertz CT molecular complexity index is 1020. The van der Waals surface area contributed by atoms with Gasteiger partial charge in [0.15, 0.2) is 0 Å². The molecule has 2 aromatic heterocycles. The first-order valence-electron chi connectivity index (χ1n) is 8.86. The summed E-state index contributed by atoms with van der Waals surface area (Å²) in [6.07, 6.45) is 0. The summed E-state index contributed by atoms with van der Waals surface area (Å²) in [6.45, 7) is 4.02. The molecule has 1 N–H and O–H groups in total. The summed E-state index contributed by atoms with van der Waals surface area (Å²) in [7, 11) is 1.91. The highest BCUT2D eigenvalue weighted by molar-refractivity contribution is 7.20. The average Bonchev–Trinajstić information content (AvgIpc) is 3.25. The van der Waals surface area contributed by atoms with Gasteiger partial charge in [-0.1, -0.05) is 60.7 Å². The van der Waals surface area contributed by atoms with E-state index in [1.807, 2.05) is 85.4 Å². The number of hydrogen-bond donors (Lipinski definition) is 1. The fourth-order valence-electron chi connectivity index (χ4n) is 3.46. The van der Waals surface area contributed by atoms with Crippen LogP contribution in [0.25, 0.3) is 10.2 Å². The van der Waals surface area contributed by atoms with Gasteiger partial charge in [0.1, 0.15) is 4.83 Å². The average molecular weight is 375 g/mol. The molecule has 1 amide bonds. The maximum Gasteiger partial charge on any atom is 0.262 e. The molecular formula is C22H21N3OS. The van der Waals surface area contributed by atoms with Gasteiger partial charge >= 0.3 is 0 Å². The van der Waals surface area contributed by atoms with Gasteiger partial charge in [0.05, 0.1) is 16.1 Å². The highest BCUT2D eigenvalue weighted by Crippen LogP contribution is 2.32. The van der Waals surface area contributed by atoms with Gasteiger partial charge in [-0.3, -0.25) is 9.48 Å². The topological polar surface area (TPSA) is 46.9 Å². The number of carbonyl (C=O) groups is 1. The first kappa shape index (κ1) is 17.5. The predicted octanol–water partition coefficient (Wildman–Crippen LogP) is 4.64. The van der Waals surface area contributed by atoms with Gasteiger partial charge in [-0.2, -0.15) is 5.10 Å². The Morgan fingerprint density at radius 1 is 1.04 bits per heavy atom. The molecule has 5 heteroatoms. The predicted molar refractivity (Wildman–Crippen MR) is 110 cm³/mol. The van der Waals surface area contributed by atoms with Gasteiger partial charge in [0, 0.05) is 12.4 Å². The van der Waals surface area contributed by atoms with Crippen LogP contribution in [0.2, 0.25) is 0 Å². The van der Waals surface area contributed by atoms with Gasteiger partial charge in [-0.15, -0.1) is 11.3 Å². The first-order valence-corrected chi connectivity index (χ1v) is 9.67. The van der Waals surface area contributed by atoms with Crippen LogP contribution in [0.4, 0.5) is 0 Å². The molecule has 0 aliphatic rings. The third kappa shape index (κ3) is 3.04. The minimum atomic E-state index is -0.622. The molecule has 27 heavy (non-hydrogen) atoms. The lowest BCUT2D eigenvalue weighted by Gasteiger charge is -2.32. The number of rotatable bonds is 4. The zero-order chi connectivity index (χ0) is 19.0. The number of aromatic nitrogens is 2. The Kier molecular flexibility index (Phi) is 4.32. The summed E-state index contributed by atoms with van der Waals surface area (Å²) < 4.78 is 1.83. The van der Waals surface area contributed by atoms with E-state index in [2.05, 4.69) is 17.3 Å². The zero-order valence-electron chi connectivity index (χ0n) is 15.6. The quantitative estimate of drug-likeness (QED) is 0.565.